The normalized spacial score (nSPS) is 20.2. The number of rotatable bonds is 8. The first-order chi connectivity index (χ1) is 11.8. The van der Waals surface area contributed by atoms with E-state index in [1.165, 1.54) is 56.9 Å². The molecule has 0 amide bonds. The number of aryl methyl sites for hydroxylation is 1. The summed E-state index contributed by atoms with van der Waals surface area (Å²) in [6, 6.07) is 8.74. The molecule has 0 aliphatic heterocycles. The third-order valence-electron chi connectivity index (χ3n) is 5.06. The Morgan fingerprint density at radius 2 is 1.75 bits per heavy atom. The third kappa shape index (κ3) is 7.00. The Kier molecular flexibility index (Phi) is 8.82. The number of unbranched alkanes of at least 4 members (excludes halogenated alkanes) is 2. The molecule has 0 unspecified atom stereocenters. The maximum atomic E-state index is 5.74. The van der Waals surface area contributed by atoms with Gasteiger partial charge in [0, 0.05) is 12.3 Å². The van der Waals surface area contributed by atoms with Gasteiger partial charge < -0.3 is 4.74 Å². The fourth-order valence-electron chi connectivity index (χ4n) is 3.39. The second kappa shape index (κ2) is 11.2. The fourth-order valence-corrected chi connectivity index (χ4v) is 3.39. The second-order valence-corrected chi connectivity index (χ2v) is 7.17. The Labute approximate surface area is 149 Å². The molecule has 2 rings (SSSR count). The predicted molar refractivity (Wildman–Crippen MR) is 103 cm³/mol. The van der Waals surface area contributed by atoms with Gasteiger partial charge in [-0.1, -0.05) is 38.3 Å². The molecule has 0 atom stereocenters. The van der Waals surface area contributed by atoms with Crippen molar-refractivity contribution >= 4 is 0 Å². The van der Waals surface area contributed by atoms with Crippen molar-refractivity contribution in [1.82, 2.24) is 0 Å². The second-order valence-electron chi connectivity index (χ2n) is 7.17. The van der Waals surface area contributed by atoms with Crippen LogP contribution in [0.5, 0.6) is 5.75 Å². The highest BCUT2D eigenvalue weighted by Gasteiger charge is 2.19. The number of hydrogen-bond acceptors (Lipinski definition) is 1. The van der Waals surface area contributed by atoms with Crippen molar-refractivity contribution in [1.29, 1.82) is 0 Å². The Morgan fingerprint density at radius 1 is 1.00 bits per heavy atom. The SMILES string of the molecule is CCCC#CC1CCC(CCc2ccc(OCCCC)cc2)CC1. The van der Waals surface area contributed by atoms with Crippen LogP contribution >= 0.6 is 0 Å². The van der Waals surface area contributed by atoms with Crippen LogP contribution in [-0.2, 0) is 6.42 Å². The smallest absolute Gasteiger partial charge is 0.119 e. The maximum absolute atomic E-state index is 5.74. The fraction of sp³-hybridized carbons (Fsp3) is 0.652. The minimum atomic E-state index is 0.673. The summed E-state index contributed by atoms with van der Waals surface area (Å²) in [5.74, 6) is 9.40. The van der Waals surface area contributed by atoms with Crippen molar-refractivity contribution in [2.75, 3.05) is 6.61 Å². The molecule has 1 saturated carbocycles. The van der Waals surface area contributed by atoms with Crippen molar-refractivity contribution in [2.24, 2.45) is 11.8 Å². The van der Waals surface area contributed by atoms with Gasteiger partial charge in [0.2, 0.25) is 0 Å². The molecular weight excluding hydrogens is 292 g/mol. The topological polar surface area (TPSA) is 9.23 Å². The van der Waals surface area contributed by atoms with E-state index >= 15 is 0 Å². The van der Waals surface area contributed by atoms with Gasteiger partial charge in [-0.25, -0.2) is 0 Å². The van der Waals surface area contributed by atoms with Gasteiger partial charge in [0.25, 0.3) is 0 Å². The van der Waals surface area contributed by atoms with Gasteiger partial charge in [0.1, 0.15) is 5.75 Å². The van der Waals surface area contributed by atoms with Crippen molar-refractivity contribution in [3.05, 3.63) is 29.8 Å². The first kappa shape index (κ1) is 18.9. The molecule has 0 aromatic heterocycles. The quantitative estimate of drug-likeness (QED) is 0.396. The average Bonchev–Trinajstić information content (AvgIpc) is 2.63. The van der Waals surface area contributed by atoms with Crippen LogP contribution in [0.2, 0.25) is 0 Å². The van der Waals surface area contributed by atoms with Crippen LogP contribution in [0.1, 0.15) is 77.2 Å². The minimum absolute atomic E-state index is 0.673. The molecule has 1 aromatic rings. The maximum Gasteiger partial charge on any atom is 0.119 e. The molecule has 0 spiro atoms. The van der Waals surface area contributed by atoms with Crippen LogP contribution in [0.25, 0.3) is 0 Å². The molecule has 0 radical (unpaired) electrons. The number of ether oxygens (including phenoxy) is 1. The van der Waals surface area contributed by atoms with E-state index in [-0.39, 0.29) is 0 Å². The summed E-state index contributed by atoms with van der Waals surface area (Å²) < 4.78 is 5.74. The monoisotopic (exact) mass is 326 g/mol. The Bertz CT molecular complexity index is 497. The summed E-state index contributed by atoms with van der Waals surface area (Å²) in [4.78, 5) is 0. The van der Waals surface area contributed by atoms with Gasteiger partial charge in [-0.2, -0.15) is 0 Å². The third-order valence-corrected chi connectivity index (χ3v) is 5.06. The lowest BCUT2D eigenvalue weighted by Gasteiger charge is -2.25. The molecule has 1 nitrogen and oxygen atoms in total. The summed E-state index contributed by atoms with van der Waals surface area (Å²) >= 11 is 0. The largest absolute Gasteiger partial charge is 0.494 e. The number of hydrogen-bond donors (Lipinski definition) is 0. The lowest BCUT2D eigenvalue weighted by molar-refractivity contribution is 0.301. The lowest BCUT2D eigenvalue weighted by Crippen LogP contribution is -2.14. The molecule has 1 aliphatic carbocycles. The zero-order valence-corrected chi connectivity index (χ0v) is 15.7. The molecule has 24 heavy (non-hydrogen) atoms. The molecule has 0 bridgehead atoms. The van der Waals surface area contributed by atoms with E-state index in [1.807, 2.05) is 0 Å². The zero-order valence-electron chi connectivity index (χ0n) is 15.7. The molecule has 1 aliphatic rings. The van der Waals surface area contributed by atoms with Crippen LogP contribution in [0.15, 0.2) is 24.3 Å². The predicted octanol–water partition coefficient (Wildman–Crippen LogP) is 6.41. The summed E-state index contributed by atoms with van der Waals surface area (Å²) in [7, 11) is 0. The molecule has 132 valence electrons. The van der Waals surface area contributed by atoms with Crippen LogP contribution in [0, 0.1) is 23.7 Å². The van der Waals surface area contributed by atoms with Crippen LogP contribution in [-0.4, -0.2) is 6.61 Å². The molecule has 1 fully saturated rings. The average molecular weight is 327 g/mol. The molecule has 0 heterocycles. The number of benzene rings is 1. The first-order valence-electron chi connectivity index (χ1n) is 10.0. The minimum Gasteiger partial charge on any atom is -0.494 e. The highest BCUT2D eigenvalue weighted by Crippen LogP contribution is 2.31. The van der Waals surface area contributed by atoms with Crippen molar-refractivity contribution < 1.29 is 4.74 Å². The Balaban J connectivity index is 1.66. The Morgan fingerprint density at radius 3 is 2.42 bits per heavy atom. The highest BCUT2D eigenvalue weighted by molar-refractivity contribution is 5.27. The molecule has 0 saturated heterocycles. The van der Waals surface area contributed by atoms with E-state index in [0.717, 1.165) is 31.1 Å². The summed E-state index contributed by atoms with van der Waals surface area (Å²) in [5, 5.41) is 0. The van der Waals surface area contributed by atoms with Crippen molar-refractivity contribution in [3.63, 3.8) is 0 Å². The van der Waals surface area contributed by atoms with Crippen LogP contribution in [0.4, 0.5) is 0 Å². The van der Waals surface area contributed by atoms with Crippen LogP contribution in [0.3, 0.4) is 0 Å². The Hall–Kier alpha value is -1.42. The molecule has 1 aromatic carbocycles. The van der Waals surface area contributed by atoms with Crippen molar-refractivity contribution in [3.8, 4) is 17.6 Å². The van der Waals surface area contributed by atoms with E-state index in [4.69, 9.17) is 4.74 Å². The van der Waals surface area contributed by atoms with E-state index in [9.17, 15) is 0 Å². The molecule has 0 N–H and O–H groups in total. The molecule has 1 heteroatoms. The summed E-state index contributed by atoms with van der Waals surface area (Å²) in [6.07, 6.45) is 12.4. The standard InChI is InChI=1S/C23H34O/c1-3-5-7-8-20-9-11-21(12-10-20)13-14-22-15-17-23(18-16-22)24-19-6-4-2/h15-18,20-21H,3-6,9-14,19H2,1-2H3. The van der Waals surface area contributed by atoms with Gasteiger partial charge in [-0.3, -0.25) is 0 Å². The summed E-state index contributed by atoms with van der Waals surface area (Å²) in [5.41, 5.74) is 1.45. The van der Waals surface area contributed by atoms with Gasteiger partial charge in [-0.05, 0) is 75.0 Å². The van der Waals surface area contributed by atoms with E-state index < -0.39 is 0 Å². The van der Waals surface area contributed by atoms with Gasteiger partial charge in [0.05, 0.1) is 6.61 Å². The van der Waals surface area contributed by atoms with E-state index in [1.54, 1.807) is 0 Å². The van der Waals surface area contributed by atoms with Gasteiger partial charge in [0.15, 0.2) is 0 Å². The summed E-state index contributed by atoms with van der Waals surface area (Å²) in [6.45, 7) is 5.23. The van der Waals surface area contributed by atoms with E-state index in [2.05, 4.69) is 50.0 Å². The van der Waals surface area contributed by atoms with E-state index in [0.29, 0.717) is 5.92 Å². The van der Waals surface area contributed by atoms with Gasteiger partial charge in [-0.15, -0.1) is 5.92 Å². The highest BCUT2D eigenvalue weighted by atomic mass is 16.5. The first-order valence-corrected chi connectivity index (χ1v) is 10.0. The zero-order chi connectivity index (χ0) is 17.0. The van der Waals surface area contributed by atoms with Gasteiger partial charge >= 0.3 is 0 Å². The lowest BCUT2D eigenvalue weighted by atomic mass is 9.80. The van der Waals surface area contributed by atoms with Crippen molar-refractivity contribution in [2.45, 2.75) is 78.1 Å². The molecular formula is C23H34O. The van der Waals surface area contributed by atoms with Crippen LogP contribution < -0.4 is 4.74 Å².